The molecule has 98 valence electrons. The average Bonchev–Trinajstić information content (AvgIpc) is 2.40. The van der Waals surface area contributed by atoms with Gasteiger partial charge in [-0.2, -0.15) is 0 Å². The lowest BCUT2D eigenvalue weighted by Crippen LogP contribution is -1.84. The van der Waals surface area contributed by atoms with Crippen LogP contribution in [-0.2, 0) is 0 Å². The van der Waals surface area contributed by atoms with Crippen molar-refractivity contribution in [1.82, 2.24) is 0 Å². The van der Waals surface area contributed by atoms with E-state index in [0.29, 0.717) is 10.6 Å². The van der Waals surface area contributed by atoms with E-state index in [0.717, 1.165) is 15.9 Å². The predicted octanol–water partition coefficient (Wildman–Crippen LogP) is 4.57. The summed E-state index contributed by atoms with van der Waals surface area (Å²) in [5.74, 6) is 0.880. The van der Waals surface area contributed by atoms with Gasteiger partial charge in [0.05, 0.1) is 17.3 Å². The van der Waals surface area contributed by atoms with Crippen LogP contribution in [0.3, 0.4) is 0 Å². The van der Waals surface area contributed by atoms with Crippen molar-refractivity contribution in [2.75, 3.05) is 7.11 Å². The molecule has 0 aliphatic heterocycles. The van der Waals surface area contributed by atoms with Crippen LogP contribution in [0.2, 0.25) is 5.02 Å². The smallest absolute Gasteiger partial charge is 0.133 e. The second-order valence-corrected chi connectivity index (χ2v) is 5.07. The second-order valence-electron chi connectivity index (χ2n) is 3.78. The van der Waals surface area contributed by atoms with E-state index in [9.17, 15) is 5.11 Å². The third-order valence-corrected chi connectivity index (χ3v) is 3.33. The number of hydrogen-bond acceptors (Lipinski definition) is 3. The molecule has 0 atom stereocenters. The van der Waals surface area contributed by atoms with Gasteiger partial charge in [0, 0.05) is 16.8 Å². The Kier molecular flexibility index (Phi) is 4.45. The molecule has 0 aliphatic rings. The summed E-state index contributed by atoms with van der Waals surface area (Å²) >= 11 is 9.26. The fourth-order valence-electron chi connectivity index (χ4n) is 1.51. The van der Waals surface area contributed by atoms with Gasteiger partial charge in [-0.05, 0) is 52.3 Å². The van der Waals surface area contributed by atoms with Crippen LogP contribution in [0.4, 0.5) is 5.69 Å². The zero-order valence-corrected chi connectivity index (χ0v) is 12.4. The lowest BCUT2D eigenvalue weighted by molar-refractivity contribution is 0.412. The summed E-state index contributed by atoms with van der Waals surface area (Å²) in [5.41, 5.74) is 1.31. The molecule has 2 rings (SSSR count). The zero-order valence-electron chi connectivity index (χ0n) is 10.1. The number of methoxy groups -OCH3 is 1. The van der Waals surface area contributed by atoms with Gasteiger partial charge in [-0.25, -0.2) is 0 Å². The topological polar surface area (TPSA) is 41.8 Å². The van der Waals surface area contributed by atoms with E-state index in [1.807, 2.05) is 18.2 Å². The van der Waals surface area contributed by atoms with Crippen molar-refractivity contribution in [3.8, 4) is 11.5 Å². The van der Waals surface area contributed by atoms with Crippen LogP contribution >= 0.6 is 27.5 Å². The molecule has 19 heavy (non-hydrogen) atoms. The number of phenolic OH excluding ortho intramolecular Hbond substituents is 1. The minimum Gasteiger partial charge on any atom is -0.507 e. The van der Waals surface area contributed by atoms with Crippen molar-refractivity contribution in [3.05, 3.63) is 51.5 Å². The van der Waals surface area contributed by atoms with Crippen molar-refractivity contribution in [3.63, 3.8) is 0 Å². The first-order valence-corrected chi connectivity index (χ1v) is 6.63. The molecule has 2 aromatic rings. The lowest BCUT2D eigenvalue weighted by Gasteiger charge is -2.03. The third-order valence-electron chi connectivity index (χ3n) is 2.48. The molecule has 0 aliphatic carbocycles. The monoisotopic (exact) mass is 339 g/mol. The van der Waals surface area contributed by atoms with Gasteiger partial charge in [-0.1, -0.05) is 11.6 Å². The van der Waals surface area contributed by atoms with Crippen LogP contribution in [0.25, 0.3) is 0 Å². The summed E-state index contributed by atoms with van der Waals surface area (Å²) in [6.07, 6.45) is 1.56. The maximum absolute atomic E-state index is 9.67. The van der Waals surface area contributed by atoms with E-state index in [2.05, 4.69) is 20.9 Å². The van der Waals surface area contributed by atoms with Crippen molar-refractivity contribution >= 4 is 39.4 Å². The van der Waals surface area contributed by atoms with Crippen LogP contribution < -0.4 is 4.74 Å². The number of ether oxygens (including phenoxy) is 1. The fraction of sp³-hybridized carbons (Fsp3) is 0.0714. The standard InChI is InChI=1S/C14H11BrClNO2/c1-19-14-5-3-11(7-12(14)15)17-8-9-6-10(16)2-4-13(9)18/h2-8,18H,1H3. The molecule has 0 bridgehead atoms. The van der Waals surface area contributed by atoms with Crippen LogP contribution in [0.15, 0.2) is 45.9 Å². The number of halogens is 2. The minimum absolute atomic E-state index is 0.140. The Morgan fingerprint density at radius 2 is 2.05 bits per heavy atom. The largest absolute Gasteiger partial charge is 0.507 e. The van der Waals surface area contributed by atoms with Gasteiger partial charge in [-0.3, -0.25) is 4.99 Å². The first-order chi connectivity index (χ1) is 9.10. The number of benzene rings is 2. The summed E-state index contributed by atoms with van der Waals surface area (Å²) in [5, 5.41) is 10.2. The maximum atomic E-state index is 9.67. The Balaban J connectivity index is 2.27. The van der Waals surface area contributed by atoms with Gasteiger partial charge >= 0.3 is 0 Å². The van der Waals surface area contributed by atoms with Gasteiger partial charge in [0.2, 0.25) is 0 Å². The molecular weight excluding hydrogens is 330 g/mol. The molecule has 0 spiro atoms. The lowest BCUT2D eigenvalue weighted by atomic mass is 10.2. The van der Waals surface area contributed by atoms with Crippen LogP contribution in [0, 0.1) is 0 Å². The molecule has 3 nitrogen and oxygen atoms in total. The normalized spacial score (nSPS) is 10.9. The maximum Gasteiger partial charge on any atom is 0.133 e. The van der Waals surface area contributed by atoms with Crippen molar-refractivity contribution in [2.45, 2.75) is 0 Å². The molecule has 0 fully saturated rings. The van der Waals surface area contributed by atoms with E-state index in [4.69, 9.17) is 16.3 Å². The molecule has 0 radical (unpaired) electrons. The van der Waals surface area contributed by atoms with Gasteiger partial charge in [0.25, 0.3) is 0 Å². The van der Waals surface area contributed by atoms with E-state index < -0.39 is 0 Å². The summed E-state index contributed by atoms with van der Waals surface area (Å²) in [6, 6.07) is 10.3. The Hall–Kier alpha value is -1.52. The molecule has 2 aromatic carbocycles. The van der Waals surface area contributed by atoms with Crippen molar-refractivity contribution in [2.24, 2.45) is 4.99 Å². The van der Waals surface area contributed by atoms with E-state index in [1.54, 1.807) is 25.5 Å². The van der Waals surface area contributed by atoms with Crippen LogP contribution in [0.5, 0.6) is 11.5 Å². The summed E-state index contributed by atoms with van der Waals surface area (Å²) in [6.45, 7) is 0. The Bertz CT molecular complexity index is 629. The average molecular weight is 341 g/mol. The second kappa shape index (κ2) is 6.08. The Morgan fingerprint density at radius 3 is 2.74 bits per heavy atom. The van der Waals surface area contributed by atoms with E-state index >= 15 is 0 Å². The summed E-state index contributed by atoms with van der Waals surface area (Å²) in [4.78, 5) is 4.29. The minimum atomic E-state index is 0.140. The Labute approximate surface area is 124 Å². The van der Waals surface area contributed by atoms with E-state index in [-0.39, 0.29) is 5.75 Å². The first-order valence-electron chi connectivity index (χ1n) is 5.46. The van der Waals surface area contributed by atoms with E-state index in [1.165, 1.54) is 6.07 Å². The molecule has 1 N–H and O–H groups in total. The molecule has 0 saturated carbocycles. The van der Waals surface area contributed by atoms with Gasteiger partial charge in [0.1, 0.15) is 11.5 Å². The highest BCUT2D eigenvalue weighted by Crippen LogP contribution is 2.29. The van der Waals surface area contributed by atoms with Crippen LogP contribution in [-0.4, -0.2) is 18.4 Å². The molecule has 0 aromatic heterocycles. The number of rotatable bonds is 3. The SMILES string of the molecule is COc1ccc(N=Cc2cc(Cl)ccc2O)cc1Br. The molecule has 0 amide bonds. The number of hydrogen-bond donors (Lipinski definition) is 1. The molecule has 0 heterocycles. The highest BCUT2D eigenvalue weighted by molar-refractivity contribution is 9.10. The Morgan fingerprint density at radius 1 is 1.26 bits per heavy atom. The highest BCUT2D eigenvalue weighted by Gasteiger charge is 2.01. The van der Waals surface area contributed by atoms with Gasteiger partial charge in [0.15, 0.2) is 0 Å². The summed E-state index contributed by atoms with van der Waals surface area (Å²) in [7, 11) is 1.60. The van der Waals surface area contributed by atoms with Gasteiger partial charge in [-0.15, -0.1) is 0 Å². The molecular formula is C14H11BrClNO2. The summed E-state index contributed by atoms with van der Waals surface area (Å²) < 4.78 is 5.96. The van der Waals surface area contributed by atoms with Crippen molar-refractivity contribution < 1.29 is 9.84 Å². The number of aromatic hydroxyl groups is 1. The zero-order chi connectivity index (χ0) is 13.8. The number of phenols is 1. The fourth-order valence-corrected chi connectivity index (χ4v) is 2.22. The van der Waals surface area contributed by atoms with Crippen molar-refractivity contribution in [1.29, 1.82) is 0 Å². The number of aliphatic imine (C=N–C) groups is 1. The number of nitrogens with zero attached hydrogens (tertiary/aromatic N) is 1. The quantitative estimate of drug-likeness (QED) is 0.832. The molecule has 0 unspecified atom stereocenters. The third kappa shape index (κ3) is 3.49. The molecule has 5 heteroatoms. The van der Waals surface area contributed by atoms with Gasteiger partial charge < -0.3 is 9.84 Å². The first kappa shape index (κ1) is 13.9. The highest BCUT2D eigenvalue weighted by atomic mass is 79.9. The predicted molar refractivity (Wildman–Crippen MR) is 81.1 cm³/mol. The van der Waals surface area contributed by atoms with Crippen LogP contribution in [0.1, 0.15) is 5.56 Å². The molecule has 0 saturated heterocycles.